The van der Waals surface area contributed by atoms with Crippen molar-refractivity contribution in [3.63, 3.8) is 0 Å². The van der Waals surface area contributed by atoms with Gasteiger partial charge in [0.15, 0.2) is 0 Å². The Morgan fingerprint density at radius 1 is 1.12 bits per heavy atom. The number of aromatic nitrogens is 1. The Morgan fingerprint density at radius 2 is 1.91 bits per heavy atom. The number of carbonyl (C=O) groups excluding carboxylic acids is 1. The highest BCUT2D eigenvalue weighted by molar-refractivity contribution is 7.98. The Hall–Kier alpha value is -3.38. The number of carboxylic acid groups (broad SMARTS) is 1. The second-order valence-electron chi connectivity index (χ2n) is 7.83. The number of aryl methyl sites for hydroxylation is 1. The average molecular weight is 461 g/mol. The zero-order valence-corrected chi connectivity index (χ0v) is 19.9. The SMILES string of the molecule is CSCCC(NC(=O)c1ccc(/C=C(\C)c2cccnc2)cc1-c1ccccc1C)C(=O)O. The summed E-state index contributed by atoms with van der Waals surface area (Å²) in [6.45, 7) is 4.02. The largest absolute Gasteiger partial charge is 0.480 e. The van der Waals surface area contributed by atoms with Crippen molar-refractivity contribution in [2.45, 2.75) is 26.3 Å². The molecule has 1 heterocycles. The molecule has 170 valence electrons. The Labute approximate surface area is 199 Å². The average Bonchev–Trinajstić information content (AvgIpc) is 2.82. The molecule has 0 saturated heterocycles. The first-order valence-electron chi connectivity index (χ1n) is 10.7. The lowest BCUT2D eigenvalue weighted by Crippen LogP contribution is -2.41. The van der Waals surface area contributed by atoms with Crippen molar-refractivity contribution in [3.05, 3.63) is 89.2 Å². The van der Waals surface area contributed by atoms with Crippen LogP contribution in [0.5, 0.6) is 0 Å². The first-order valence-corrected chi connectivity index (χ1v) is 12.1. The van der Waals surface area contributed by atoms with E-state index in [0.717, 1.165) is 33.4 Å². The maximum Gasteiger partial charge on any atom is 0.326 e. The van der Waals surface area contributed by atoms with Crippen LogP contribution in [0.4, 0.5) is 0 Å². The number of thioether (sulfide) groups is 1. The fraction of sp³-hybridized carbons (Fsp3) is 0.222. The lowest BCUT2D eigenvalue weighted by Gasteiger charge is -2.17. The standard InChI is InChI=1S/C27H28N2O3S/c1-18-7-4-5-9-22(18)24-16-20(15-19(2)21-8-6-13-28-17-21)10-11-23(24)26(30)29-25(27(31)32)12-14-33-3/h4-11,13,15-17,25H,12,14H2,1-3H3,(H,29,30)(H,31,32)/b19-15+. The van der Waals surface area contributed by atoms with Gasteiger partial charge in [0.2, 0.25) is 0 Å². The fourth-order valence-corrected chi connectivity index (χ4v) is 4.08. The molecule has 0 aliphatic heterocycles. The van der Waals surface area contributed by atoms with Crippen LogP contribution < -0.4 is 5.32 Å². The Kier molecular flexibility index (Phi) is 8.44. The quantitative estimate of drug-likeness (QED) is 0.437. The number of nitrogens with zero attached hydrogens (tertiary/aromatic N) is 1. The predicted molar refractivity (Wildman–Crippen MR) is 136 cm³/mol. The highest BCUT2D eigenvalue weighted by Crippen LogP contribution is 2.29. The molecule has 0 bridgehead atoms. The van der Waals surface area contributed by atoms with E-state index in [4.69, 9.17) is 0 Å². The third kappa shape index (κ3) is 6.33. The molecule has 2 aromatic carbocycles. The van der Waals surface area contributed by atoms with Gasteiger partial charge in [-0.1, -0.05) is 42.5 Å². The van der Waals surface area contributed by atoms with Crippen LogP contribution in [0.15, 0.2) is 67.0 Å². The highest BCUT2D eigenvalue weighted by atomic mass is 32.2. The van der Waals surface area contributed by atoms with Crippen LogP contribution >= 0.6 is 11.8 Å². The minimum absolute atomic E-state index is 0.368. The third-order valence-electron chi connectivity index (χ3n) is 5.44. The molecule has 1 amide bonds. The van der Waals surface area contributed by atoms with Gasteiger partial charge in [0.1, 0.15) is 6.04 Å². The van der Waals surface area contributed by atoms with Gasteiger partial charge in [-0.25, -0.2) is 4.79 Å². The van der Waals surface area contributed by atoms with Crippen LogP contribution in [0.1, 0.15) is 40.4 Å². The number of hydrogen-bond donors (Lipinski definition) is 2. The van der Waals surface area contributed by atoms with Gasteiger partial charge in [-0.2, -0.15) is 11.8 Å². The van der Waals surface area contributed by atoms with Crippen LogP contribution in [0.2, 0.25) is 0 Å². The molecule has 0 aliphatic carbocycles. The maximum atomic E-state index is 13.2. The molecule has 3 rings (SSSR count). The minimum Gasteiger partial charge on any atom is -0.480 e. The van der Waals surface area contributed by atoms with Crippen LogP contribution in [-0.4, -0.2) is 40.0 Å². The van der Waals surface area contributed by atoms with E-state index < -0.39 is 12.0 Å². The smallest absolute Gasteiger partial charge is 0.326 e. The van der Waals surface area contributed by atoms with E-state index in [2.05, 4.69) is 16.4 Å². The van der Waals surface area contributed by atoms with Crippen molar-refractivity contribution in [2.24, 2.45) is 0 Å². The summed E-state index contributed by atoms with van der Waals surface area (Å²) >= 11 is 1.55. The van der Waals surface area contributed by atoms with E-state index in [9.17, 15) is 14.7 Å². The number of aliphatic carboxylic acids is 1. The van der Waals surface area contributed by atoms with Gasteiger partial charge >= 0.3 is 5.97 Å². The summed E-state index contributed by atoms with van der Waals surface area (Å²) in [7, 11) is 0. The van der Waals surface area contributed by atoms with Crippen LogP contribution in [0.3, 0.4) is 0 Å². The molecule has 1 aromatic heterocycles. The number of benzene rings is 2. The molecule has 1 atom stereocenters. The topological polar surface area (TPSA) is 79.3 Å². The van der Waals surface area contributed by atoms with Gasteiger partial charge in [-0.3, -0.25) is 9.78 Å². The van der Waals surface area contributed by atoms with Crippen LogP contribution in [-0.2, 0) is 4.79 Å². The number of carboxylic acids is 1. The van der Waals surface area contributed by atoms with Gasteiger partial charge in [-0.15, -0.1) is 0 Å². The Morgan fingerprint density at radius 3 is 2.58 bits per heavy atom. The predicted octanol–water partition coefficient (Wildman–Crippen LogP) is 5.55. The Bertz CT molecular complexity index is 1160. The van der Waals surface area contributed by atoms with E-state index in [-0.39, 0.29) is 5.91 Å². The lowest BCUT2D eigenvalue weighted by atomic mass is 9.93. The molecule has 33 heavy (non-hydrogen) atoms. The van der Waals surface area contributed by atoms with E-state index in [1.165, 1.54) is 0 Å². The zero-order chi connectivity index (χ0) is 23.8. The van der Waals surface area contributed by atoms with Crippen molar-refractivity contribution in [1.82, 2.24) is 10.3 Å². The van der Waals surface area contributed by atoms with Gasteiger partial charge in [-0.05, 0) is 83.9 Å². The Balaban J connectivity index is 2.02. The molecule has 1 unspecified atom stereocenters. The van der Waals surface area contributed by atoms with Crippen molar-refractivity contribution in [2.75, 3.05) is 12.0 Å². The third-order valence-corrected chi connectivity index (χ3v) is 6.08. The number of allylic oxidation sites excluding steroid dienone is 1. The second-order valence-corrected chi connectivity index (χ2v) is 8.82. The highest BCUT2D eigenvalue weighted by Gasteiger charge is 2.22. The van der Waals surface area contributed by atoms with E-state index in [1.54, 1.807) is 24.0 Å². The molecule has 6 heteroatoms. The molecule has 0 aliphatic rings. The van der Waals surface area contributed by atoms with Gasteiger partial charge in [0.05, 0.1) is 0 Å². The zero-order valence-electron chi connectivity index (χ0n) is 19.0. The van der Waals surface area contributed by atoms with E-state index in [1.807, 2.05) is 74.8 Å². The number of pyridine rings is 1. The van der Waals surface area contributed by atoms with Crippen LogP contribution in [0.25, 0.3) is 22.8 Å². The minimum atomic E-state index is -1.03. The number of amides is 1. The molecule has 2 N–H and O–H groups in total. The molecule has 0 radical (unpaired) electrons. The molecule has 3 aromatic rings. The van der Waals surface area contributed by atoms with Crippen molar-refractivity contribution >= 4 is 35.3 Å². The summed E-state index contributed by atoms with van der Waals surface area (Å²) in [5.41, 5.74) is 6.22. The summed E-state index contributed by atoms with van der Waals surface area (Å²) in [5, 5.41) is 12.2. The molecule has 0 spiro atoms. The first kappa shape index (κ1) is 24.3. The van der Waals surface area contributed by atoms with Gasteiger partial charge < -0.3 is 10.4 Å². The molecular formula is C27H28N2O3S. The van der Waals surface area contributed by atoms with Crippen molar-refractivity contribution < 1.29 is 14.7 Å². The first-order chi connectivity index (χ1) is 15.9. The normalized spacial score (nSPS) is 12.3. The summed E-state index contributed by atoms with van der Waals surface area (Å²) < 4.78 is 0. The number of carbonyl (C=O) groups is 2. The summed E-state index contributed by atoms with van der Waals surface area (Å²) in [6, 6.07) is 16.5. The van der Waals surface area contributed by atoms with E-state index in [0.29, 0.717) is 17.7 Å². The van der Waals surface area contributed by atoms with Crippen molar-refractivity contribution in [3.8, 4) is 11.1 Å². The lowest BCUT2D eigenvalue weighted by molar-refractivity contribution is -0.139. The summed E-state index contributed by atoms with van der Waals surface area (Å²) in [4.78, 5) is 29.0. The van der Waals surface area contributed by atoms with Gasteiger partial charge in [0.25, 0.3) is 5.91 Å². The number of hydrogen-bond acceptors (Lipinski definition) is 4. The molecular weight excluding hydrogens is 432 g/mol. The summed E-state index contributed by atoms with van der Waals surface area (Å²) in [5.74, 6) is -0.762. The molecule has 0 fully saturated rings. The number of nitrogens with one attached hydrogen (secondary N) is 1. The summed E-state index contributed by atoms with van der Waals surface area (Å²) in [6.07, 6.45) is 7.89. The molecule has 5 nitrogen and oxygen atoms in total. The maximum absolute atomic E-state index is 13.2. The molecule has 0 saturated carbocycles. The monoisotopic (exact) mass is 460 g/mol. The number of rotatable bonds is 9. The fourth-order valence-electron chi connectivity index (χ4n) is 3.61. The van der Waals surface area contributed by atoms with E-state index >= 15 is 0 Å². The van der Waals surface area contributed by atoms with Gasteiger partial charge in [0, 0.05) is 18.0 Å². The van der Waals surface area contributed by atoms with Crippen LogP contribution in [0, 0.1) is 6.92 Å². The second kappa shape index (κ2) is 11.5. The van der Waals surface area contributed by atoms with Crippen molar-refractivity contribution in [1.29, 1.82) is 0 Å².